The predicted molar refractivity (Wildman–Crippen MR) is 97.4 cm³/mol. The zero-order valence-corrected chi connectivity index (χ0v) is 14.5. The summed E-state index contributed by atoms with van der Waals surface area (Å²) in [5.41, 5.74) is 6.84. The van der Waals surface area contributed by atoms with Crippen LogP contribution in [-0.4, -0.2) is 34.6 Å². The van der Waals surface area contributed by atoms with Gasteiger partial charge >= 0.3 is 0 Å². The van der Waals surface area contributed by atoms with Crippen molar-refractivity contribution in [1.29, 1.82) is 0 Å². The van der Waals surface area contributed by atoms with Crippen molar-refractivity contribution in [2.75, 3.05) is 5.73 Å². The Morgan fingerprint density at radius 2 is 2.12 bits per heavy atom. The molecule has 9 heteroatoms. The van der Waals surface area contributed by atoms with Crippen molar-refractivity contribution in [2.24, 2.45) is 0 Å². The molecule has 0 aromatic carbocycles. The second kappa shape index (κ2) is 6.18. The van der Waals surface area contributed by atoms with Gasteiger partial charge in [-0.05, 0) is 25.0 Å². The summed E-state index contributed by atoms with van der Waals surface area (Å²) >= 11 is 1.35. The first-order valence-corrected chi connectivity index (χ1v) is 8.48. The number of nitrogens with zero attached hydrogens (tertiary/aromatic N) is 6. The summed E-state index contributed by atoms with van der Waals surface area (Å²) in [6.07, 6.45) is 6.47. The molecule has 4 aromatic rings. The van der Waals surface area contributed by atoms with Gasteiger partial charge in [0.1, 0.15) is 22.5 Å². The smallest absolute Gasteiger partial charge is 0.222 e. The number of pyridine rings is 1. The van der Waals surface area contributed by atoms with E-state index in [2.05, 4.69) is 36.8 Å². The van der Waals surface area contributed by atoms with Crippen LogP contribution in [0.3, 0.4) is 0 Å². The van der Waals surface area contributed by atoms with Gasteiger partial charge in [0.05, 0.1) is 11.9 Å². The zero-order valence-electron chi connectivity index (χ0n) is 13.7. The third-order valence-electron chi connectivity index (χ3n) is 3.61. The van der Waals surface area contributed by atoms with Crippen LogP contribution in [-0.2, 0) is 5.60 Å². The Hall–Kier alpha value is -3.35. The van der Waals surface area contributed by atoms with E-state index in [4.69, 9.17) is 5.73 Å². The van der Waals surface area contributed by atoms with E-state index in [9.17, 15) is 5.11 Å². The molecule has 0 saturated heterocycles. The van der Waals surface area contributed by atoms with Crippen LogP contribution in [0.1, 0.15) is 17.6 Å². The van der Waals surface area contributed by atoms with Crippen LogP contribution in [0, 0.1) is 11.8 Å². The molecule has 26 heavy (non-hydrogen) atoms. The van der Waals surface area contributed by atoms with Crippen LogP contribution < -0.4 is 5.73 Å². The lowest BCUT2D eigenvalue weighted by Gasteiger charge is -2.11. The fourth-order valence-electron chi connectivity index (χ4n) is 2.35. The standard InChI is InChI=1S/C17H13N7OS/c1-17(25,15-20-6-7-26-15)4-2-11-8-12(3-5-19-11)24-10-22-13-9-21-16(18)23-14(13)24/h3,5-10,25H,1H3,(H2,18,21,23). The molecule has 0 spiro atoms. The van der Waals surface area contributed by atoms with Crippen LogP contribution in [0.25, 0.3) is 16.9 Å². The minimum atomic E-state index is -1.34. The van der Waals surface area contributed by atoms with Crippen LogP contribution in [0.15, 0.2) is 42.4 Å². The number of fused-ring (bicyclic) bond motifs is 1. The number of nitrogen functional groups attached to an aromatic ring is 1. The summed E-state index contributed by atoms with van der Waals surface area (Å²) in [5.74, 6) is 5.89. The molecular formula is C17H13N7OS. The van der Waals surface area contributed by atoms with Gasteiger partial charge in [-0.25, -0.2) is 19.9 Å². The lowest BCUT2D eigenvalue weighted by Crippen LogP contribution is -2.18. The first-order chi connectivity index (χ1) is 12.5. The highest BCUT2D eigenvalue weighted by Crippen LogP contribution is 2.22. The number of thiazole rings is 1. The molecular weight excluding hydrogens is 350 g/mol. The maximum atomic E-state index is 10.5. The molecule has 4 aromatic heterocycles. The summed E-state index contributed by atoms with van der Waals surface area (Å²) in [7, 11) is 0. The van der Waals surface area contributed by atoms with Gasteiger partial charge in [-0.3, -0.25) is 4.57 Å². The number of hydrogen-bond donors (Lipinski definition) is 2. The number of nitrogens with two attached hydrogens (primary N) is 1. The number of anilines is 1. The van der Waals surface area contributed by atoms with Gasteiger partial charge in [0, 0.05) is 17.8 Å². The number of rotatable bonds is 2. The molecule has 0 saturated carbocycles. The molecule has 0 aliphatic rings. The first kappa shape index (κ1) is 16.1. The average molecular weight is 363 g/mol. The fraction of sp³-hybridized carbons (Fsp3) is 0.118. The molecule has 8 nitrogen and oxygen atoms in total. The SMILES string of the molecule is CC(O)(C#Cc1cc(-n2cnc3cnc(N)nc32)ccn1)c1nccs1. The van der Waals surface area contributed by atoms with Gasteiger partial charge < -0.3 is 10.8 Å². The molecule has 0 bridgehead atoms. The molecule has 4 rings (SSSR count). The Labute approximate surface area is 152 Å². The van der Waals surface area contributed by atoms with Crippen LogP contribution in [0.2, 0.25) is 0 Å². The van der Waals surface area contributed by atoms with E-state index in [1.54, 1.807) is 47.9 Å². The van der Waals surface area contributed by atoms with Crippen molar-refractivity contribution in [2.45, 2.75) is 12.5 Å². The Kier molecular flexibility index (Phi) is 3.84. The monoisotopic (exact) mass is 363 g/mol. The third-order valence-corrected chi connectivity index (χ3v) is 4.60. The van der Waals surface area contributed by atoms with E-state index >= 15 is 0 Å². The summed E-state index contributed by atoms with van der Waals surface area (Å²) < 4.78 is 1.78. The lowest BCUT2D eigenvalue weighted by molar-refractivity contribution is 0.122. The van der Waals surface area contributed by atoms with E-state index in [0.717, 1.165) is 5.69 Å². The quantitative estimate of drug-likeness (QED) is 0.519. The van der Waals surface area contributed by atoms with Crippen molar-refractivity contribution < 1.29 is 5.11 Å². The van der Waals surface area contributed by atoms with Gasteiger partial charge in [0.2, 0.25) is 5.95 Å². The topological polar surface area (TPSA) is 116 Å². The first-order valence-electron chi connectivity index (χ1n) is 7.60. The minimum absolute atomic E-state index is 0.174. The van der Waals surface area contributed by atoms with Crippen LogP contribution >= 0.6 is 11.3 Å². The van der Waals surface area contributed by atoms with Crippen LogP contribution in [0.5, 0.6) is 0 Å². The second-order valence-corrected chi connectivity index (χ2v) is 6.50. The highest BCUT2D eigenvalue weighted by molar-refractivity contribution is 7.09. The molecule has 1 unspecified atom stereocenters. The number of hydrogen-bond acceptors (Lipinski definition) is 8. The molecule has 128 valence electrons. The van der Waals surface area contributed by atoms with Gasteiger partial charge in [-0.1, -0.05) is 5.92 Å². The fourth-order valence-corrected chi connectivity index (χ4v) is 3.01. The van der Waals surface area contributed by atoms with Crippen molar-refractivity contribution >= 4 is 28.4 Å². The van der Waals surface area contributed by atoms with Gasteiger partial charge in [-0.2, -0.15) is 4.98 Å². The highest BCUT2D eigenvalue weighted by atomic mass is 32.1. The average Bonchev–Trinajstić information content (AvgIpc) is 3.30. The largest absolute Gasteiger partial charge is 0.371 e. The van der Waals surface area contributed by atoms with Crippen molar-refractivity contribution in [1.82, 2.24) is 29.5 Å². The van der Waals surface area contributed by atoms with E-state index in [1.165, 1.54) is 11.3 Å². The van der Waals surface area contributed by atoms with Gasteiger partial charge in [0.15, 0.2) is 11.2 Å². The summed E-state index contributed by atoms with van der Waals surface area (Å²) in [6, 6.07) is 3.59. The zero-order chi connectivity index (χ0) is 18.1. The highest BCUT2D eigenvalue weighted by Gasteiger charge is 2.22. The summed E-state index contributed by atoms with van der Waals surface area (Å²) in [5, 5.41) is 12.8. The number of aromatic nitrogens is 6. The molecule has 0 aliphatic carbocycles. The lowest BCUT2D eigenvalue weighted by atomic mass is 10.1. The van der Waals surface area contributed by atoms with Gasteiger partial charge in [0.25, 0.3) is 0 Å². The van der Waals surface area contributed by atoms with Crippen molar-refractivity contribution in [3.63, 3.8) is 0 Å². The predicted octanol–water partition coefficient (Wildman–Crippen LogP) is 1.51. The van der Waals surface area contributed by atoms with Crippen LogP contribution in [0.4, 0.5) is 5.95 Å². The molecule has 3 N–H and O–H groups in total. The van der Waals surface area contributed by atoms with E-state index in [0.29, 0.717) is 21.9 Å². The van der Waals surface area contributed by atoms with Crippen molar-refractivity contribution in [3.05, 3.63) is 53.1 Å². The second-order valence-electron chi connectivity index (χ2n) is 5.61. The number of imidazole rings is 1. The van der Waals surface area contributed by atoms with E-state index in [1.807, 2.05) is 6.07 Å². The Morgan fingerprint density at radius 3 is 2.92 bits per heavy atom. The molecule has 1 atom stereocenters. The Morgan fingerprint density at radius 1 is 1.23 bits per heavy atom. The molecule has 0 amide bonds. The normalized spacial score (nSPS) is 13.2. The molecule has 0 fully saturated rings. The maximum Gasteiger partial charge on any atom is 0.222 e. The minimum Gasteiger partial charge on any atom is -0.371 e. The Bertz CT molecular complexity index is 1140. The Balaban J connectivity index is 1.72. The molecule has 0 radical (unpaired) electrons. The third kappa shape index (κ3) is 2.99. The van der Waals surface area contributed by atoms with E-state index < -0.39 is 5.60 Å². The molecule has 0 aliphatic heterocycles. The van der Waals surface area contributed by atoms with Gasteiger partial charge in [-0.15, -0.1) is 11.3 Å². The van der Waals surface area contributed by atoms with E-state index in [-0.39, 0.29) is 5.95 Å². The van der Waals surface area contributed by atoms with Crippen molar-refractivity contribution in [3.8, 4) is 17.5 Å². The molecule has 4 heterocycles. The summed E-state index contributed by atoms with van der Waals surface area (Å²) in [4.78, 5) is 20.8. The summed E-state index contributed by atoms with van der Waals surface area (Å²) in [6.45, 7) is 1.60. The maximum absolute atomic E-state index is 10.5. The number of aliphatic hydroxyl groups is 1.